The summed E-state index contributed by atoms with van der Waals surface area (Å²) in [6.07, 6.45) is 3.51. The van der Waals surface area contributed by atoms with Gasteiger partial charge in [0.25, 0.3) is 0 Å². The molecule has 3 rings (SSSR count). The molecule has 0 spiro atoms. The highest BCUT2D eigenvalue weighted by molar-refractivity contribution is 7.88. The van der Waals surface area contributed by atoms with E-state index in [1.165, 1.54) is 4.31 Å². The Bertz CT molecular complexity index is 792. The first kappa shape index (κ1) is 20.9. The highest BCUT2D eigenvalue weighted by atomic mass is 35.5. The molecule has 150 valence electrons. The van der Waals surface area contributed by atoms with E-state index in [0.717, 1.165) is 32.4 Å². The van der Waals surface area contributed by atoms with Crippen LogP contribution in [0.1, 0.15) is 38.2 Å². The van der Waals surface area contributed by atoms with E-state index in [-0.39, 0.29) is 24.1 Å². The first-order valence-corrected chi connectivity index (χ1v) is 11.8. The number of rotatable bonds is 4. The number of nitrogens with zero attached hydrogens (tertiary/aromatic N) is 2. The van der Waals surface area contributed by atoms with Crippen molar-refractivity contribution in [1.29, 1.82) is 0 Å². The van der Waals surface area contributed by atoms with Gasteiger partial charge in [0, 0.05) is 26.2 Å². The monoisotopic (exact) mass is 432 g/mol. The number of amides is 1. The van der Waals surface area contributed by atoms with Crippen LogP contribution in [-0.4, -0.2) is 49.7 Å². The number of hydrogen-bond donors (Lipinski definition) is 0. The van der Waals surface area contributed by atoms with E-state index in [9.17, 15) is 13.2 Å². The normalized spacial score (nSPS) is 22.8. The number of carbonyl (C=O) groups is 1. The second-order valence-electron chi connectivity index (χ2n) is 7.71. The van der Waals surface area contributed by atoms with Crippen LogP contribution in [0.2, 0.25) is 10.0 Å². The highest BCUT2D eigenvalue weighted by Gasteiger charge is 2.35. The van der Waals surface area contributed by atoms with Crippen LogP contribution in [0.15, 0.2) is 18.2 Å². The minimum absolute atomic E-state index is 0.108. The fourth-order valence-corrected chi connectivity index (χ4v) is 5.73. The van der Waals surface area contributed by atoms with Crippen LogP contribution in [0.5, 0.6) is 0 Å². The molecule has 2 heterocycles. The maximum Gasteiger partial charge on any atom is 0.227 e. The fraction of sp³-hybridized carbons (Fsp3) is 0.632. The molecule has 1 atom stereocenters. The standard InChI is InChI=1S/C19H26Cl2N2O3S/c1-14-6-9-22(10-7-14)19(24)16-3-2-8-23(12-16)27(25,26)13-15-4-5-17(20)18(21)11-15/h4-5,11,14,16H,2-3,6-10,12-13H2,1H3/t16-/m0/s1. The molecule has 5 nitrogen and oxygen atoms in total. The molecule has 2 aliphatic rings. The summed E-state index contributed by atoms with van der Waals surface area (Å²) in [7, 11) is -3.51. The third kappa shape index (κ3) is 5.17. The minimum Gasteiger partial charge on any atom is -0.342 e. The van der Waals surface area contributed by atoms with Gasteiger partial charge in [-0.25, -0.2) is 12.7 Å². The van der Waals surface area contributed by atoms with Crippen LogP contribution in [-0.2, 0) is 20.6 Å². The fourth-order valence-electron chi connectivity index (χ4n) is 3.82. The van der Waals surface area contributed by atoms with Gasteiger partial charge in [0.1, 0.15) is 0 Å². The lowest BCUT2D eigenvalue weighted by molar-refractivity contribution is -0.138. The maximum absolute atomic E-state index is 12.9. The zero-order valence-corrected chi connectivity index (χ0v) is 17.9. The quantitative estimate of drug-likeness (QED) is 0.726. The third-order valence-electron chi connectivity index (χ3n) is 5.56. The molecule has 0 radical (unpaired) electrons. The zero-order valence-electron chi connectivity index (χ0n) is 15.5. The van der Waals surface area contributed by atoms with Crippen molar-refractivity contribution < 1.29 is 13.2 Å². The molecule has 0 saturated carbocycles. The molecule has 0 unspecified atom stereocenters. The van der Waals surface area contributed by atoms with Crippen molar-refractivity contribution in [3.63, 3.8) is 0 Å². The van der Waals surface area contributed by atoms with Crippen LogP contribution in [0.25, 0.3) is 0 Å². The van der Waals surface area contributed by atoms with Crippen LogP contribution < -0.4 is 0 Å². The van der Waals surface area contributed by atoms with Gasteiger partial charge in [-0.15, -0.1) is 0 Å². The van der Waals surface area contributed by atoms with Gasteiger partial charge in [0.2, 0.25) is 15.9 Å². The Balaban J connectivity index is 1.65. The predicted octanol–water partition coefficient (Wildman–Crippen LogP) is 3.79. The van der Waals surface area contributed by atoms with Crippen molar-refractivity contribution >= 4 is 39.1 Å². The van der Waals surface area contributed by atoms with Crippen LogP contribution in [0, 0.1) is 11.8 Å². The lowest BCUT2D eigenvalue weighted by atomic mass is 9.94. The average molecular weight is 433 g/mol. The first-order valence-electron chi connectivity index (χ1n) is 9.47. The second kappa shape index (κ2) is 8.68. The first-order chi connectivity index (χ1) is 12.8. The molecule has 0 N–H and O–H groups in total. The van der Waals surface area contributed by atoms with E-state index >= 15 is 0 Å². The Labute approximate surface area is 171 Å². The number of halogens is 2. The summed E-state index contributed by atoms with van der Waals surface area (Å²) in [6, 6.07) is 4.87. The van der Waals surface area contributed by atoms with E-state index in [4.69, 9.17) is 23.2 Å². The smallest absolute Gasteiger partial charge is 0.227 e. The Hall–Kier alpha value is -0.820. The van der Waals surface area contributed by atoms with E-state index in [1.54, 1.807) is 18.2 Å². The molecule has 1 aromatic rings. The minimum atomic E-state index is -3.51. The van der Waals surface area contributed by atoms with Crippen LogP contribution in [0.3, 0.4) is 0 Å². The molecule has 1 aromatic carbocycles. The summed E-state index contributed by atoms with van der Waals surface area (Å²) in [5.41, 5.74) is 0.600. The molecule has 2 aliphatic heterocycles. The number of sulfonamides is 1. The van der Waals surface area contributed by atoms with Crippen LogP contribution in [0.4, 0.5) is 0 Å². The van der Waals surface area contributed by atoms with Crippen molar-refractivity contribution in [2.45, 2.75) is 38.4 Å². The lowest BCUT2D eigenvalue weighted by Gasteiger charge is -2.37. The Morgan fingerprint density at radius 1 is 1.11 bits per heavy atom. The number of carbonyl (C=O) groups excluding carboxylic acids is 1. The number of benzene rings is 1. The summed E-state index contributed by atoms with van der Waals surface area (Å²) in [6.45, 7) is 4.51. The van der Waals surface area contributed by atoms with E-state index < -0.39 is 10.0 Å². The Morgan fingerprint density at radius 2 is 1.81 bits per heavy atom. The van der Waals surface area contributed by atoms with E-state index in [2.05, 4.69) is 6.92 Å². The summed E-state index contributed by atoms with van der Waals surface area (Å²) >= 11 is 11.9. The molecule has 8 heteroatoms. The maximum atomic E-state index is 12.9. The van der Waals surface area contributed by atoms with Gasteiger partial charge in [-0.2, -0.15) is 0 Å². The number of likely N-dealkylation sites (tertiary alicyclic amines) is 1. The summed E-state index contributed by atoms with van der Waals surface area (Å²) in [4.78, 5) is 14.8. The summed E-state index contributed by atoms with van der Waals surface area (Å²) in [5.74, 6) is 0.391. The van der Waals surface area contributed by atoms with Crippen molar-refractivity contribution in [3.8, 4) is 0 Å². The van der Waals surface area contributed by atoms with E-state index in [1.807, 2.05) is 4.90 Å². The largest absolute Gasteiger partial charge is 0.342 e. The molecule has 27 heavy (non-hydrogen) atoms. The molecule has 0 aliphatic carbocycles. The van der Waals surface area contributed by atoms with Crippen molar-refractivity contribution in [2.24, 2.45) is 11.8 Å². The van der Waals surface area contributed by atoms with Crippen molar-refractivity contribution in [2.75, 3.05) is 26.2 Å². The van der Waals surface area contributed by atoms with Crippen molar-refractivity contribution in [1.82, 2.24) is 9.21 Å². The number of hydrogen-bond acceptors (Lipinski definition) is 3. The molecular weight excluding hydrogens is 407 g/mol. The lowest BCUT2D eigenvalue weighted by Crippen LogP contribution is -2.48. The van der Waals surface area contributed by atoms with Gasteiger partial charge in [-0.05, 0) is 49.3 Å². The zero-order chi connectivity index (χ0) is 19.6. The van der Waals surface area contributed by atoms with Gasteiger partial charge in [0.15, 0.2) is 0 Å². The van der Waals surface area contributed by atoms with Gasteiger partial charge < -0.3 is 4.90 Å². The Morgan fingerprint density at radius 3 is 2.48 bits per heavy atom. The molecule has 0 aromatic heterocycles. The molecule has 1 amide bonds. The third-order valence-corrected chi connectivity index (χ3v) is 8.11. The molecule has 0 bridgehead atoms. The summed E-state index contributed by atoms with van der Waals surface area (Å²) < 4.78 is 27.2. The molecule has 2 fully saturated rings. The predicted molar refractivity (Wildman–Crippen MR) is 108 cm³/mol. The summed E-state index contributed by atoms with van der Waals surface area (Å²) in [5, 5.41) is 0.743. The highest BCUT2D eigenvalue weighted by Crippen LogP contribution is 2.27. The van der Waals surface area contributed by atoms with E-state index in [0.29, 0.717) is 34.5 Å². The Kier molecular flexibility index (Phi) is 6.72. The SMILES string of the molecule is CC1CCN(C(=O)[C@H]2CCCN(S(=O)(=O)Cc3ccc(Cl)c(Cl)c3)C2)CC1. The van der Waals surface area contributed by atoms with Gasteiger partial charge in [-0.3, -0.25) is 4.79 Å². The molecule has 2 saturated heterocycles. The average Bonchev–Trinajstić information content (AvgIpc) is 2.65. The van der Waals surface area contributed by atoms with Gasteiger partial charge in [0.05, 0.1) is 21.7 Å². The number of piperidine rings is 2. The second-order valence-corrected chi connectivity index (χ2v) is 10.5. The topological polar surface area (TPSA) is 57.7 Å². The van der Waals surface area contributed by atoms with Gasteiger partial charge in [-0.1, -0.05) is 36.2 Å². The van der Waals surface area contributed by atoms with Crippen molar-refractivity contribution in [3.05, 3.63) is 33.8 Å². The van der Waals surface area contributed by atoms with Gasteiger partial charge >= 0.3 is 0 Å². The van der Waals surface area contributed by atoms with Crippen LogP contribution >= 0.6 is 23.2 Å². The molecular formula is C19H26Cl2N2O3S.